The summed E-state index contributed by atoms with van der Waals surface area (Å²) in [4.78, 5) is 0. The summed E-state index contributed by atoms with van der Waals surface area (Å²) in [6.07, 6.45) is 8.86. The van der Waals surface area contributed by atoms with Crippen LogP contribution in [-0.2, 0) is 4.74 Å². The molecule has 18 heavy (non-hydrogen) atoms. The zero-order valence-corrected chi connectivity index (χ0v) is 12.2. The predicted molar refractivity (Wildman–Crippen MR) is 74.3 cm³/mol. The lowest BCUT2D eigenvalue weighted by atomic mass is 10.1. The fourth-order valence-corrected chi connectivity index (χ4v) is 2.04. The average molecular weight is 252 g/mol. The van der Waals surface area contributed by atoms with Crippen LogP contribution in [0.4, 0.5) is 0 Å². The Morgan fingerprint density at radius 1 is 1.39 bits per heavy atom. The number of rotatable bonds is 10. The molecule has 3 heteroatoms. The van der Waals surface area contributed by atoms with Crippen molar-refractivity contribution in [2.45, 2.75) is 83.4 Å². The van der Waals surface area contributed by atoms with Gasteiger partial charge in [0.15, 0.2) is 0 Å². The van der Waals surface area contributed by atoms with E-state index in [1.54, 1.807) is 0 Å². The second-order valence-corrected chi connectivity index (χ2v) is 5.83. The van der Waals surface area contributed by atoms with Gasteiger partial charge < -0.3 is 4.74 Å². The minimum Gasteiger partial charge on any atom is -0.375 e. The molecule has 0 saturated heterocycles. The molecule has 1 saturated carbocycles. The maximum atomic E-state index is 9.23. The van der Waals surface area contributed by atoms with Crippen LogP contribution in [0.3, 0.4) is 0 Å². The summed E-state index contributed by atoms with van der Waals surface area (Å²) in [6, 6.07) is 2.89. The summed E-state index contributed by atoms with van der Waals surface area (Å²) in [5.41, 5.74) is -0.515. The van der Waals surface area contributed by atoms with Gasteiger partial charge >= 0.3 is 0 Å². The lowest BCUT2D eigenvalue weighted by Crippen LogP contribution is -2.47. The highest BCUT2D eigenvalue weighted by Gasteiger charge is 2.33. The number of ether oxygens (including phenoxy) is 1. The second kappa shape index (κ2) is 7.76. The largest absolute Gasteiger partial charge is 0.375 e. The van der Waals surface area contributed by atoms with E-state index in [4.69, 9.17) is 4.74 Å². The molecular formula is C15H28N2O. The number of nitriles is 1. The van der Waals surface area contributed by atoms with Crippen LogP contribution in [0.25, 0.3) is 0 Å². The van der Waals surface area contributed by atoms with Gasteiger partial charge in [0.1, 0.15) is 5.54 Å². The molecule has 3 nitrogen and oxygen atoms in total. The average Bonchev–Trinajstić information content (AvgIpc) is 3.16. The van der Waals surface area contributed by atoms with Crippen LogP contribution < -0.4 is 5.32 Å². The summed E-state index contributed by atoms with van der Waals surface area (Å²) in [7, 11) is 0. The van der Waals surface area contributed by atoms with Crippen LogP contribution in [0.1, 0.15) is 65.7 Å². The zero-order chi connectivity index (χ0) is 13.4. The Balaban J connectivity index is 2.14. The Morgan fingerprint density at radius 3 is 2.67 bits per heavy atom. The van der Waals surface area contributed by atoms with E-state index in [1.165, 1.54) is 38.5 Å². The van der Waals surface area contributed by atoms with Crippen LogP contribution in [-0.4, -0.2) is 24.3 Å². The van der Waals surface area contributed by atoms with E-state index in [2.05, 4.69) is 25.2 Å². The third-order valence-corrected chi connectivity index (χ3v) is 3.47. The molecule has 0 bridgehead atoms. The number of hydrogen-bond acceptors (Lipinski definition) is 3. The Bertz CT molecular complexity index is 270. The number of hydrogen-bond donors (Lipinski definition) is 1. The highest BCUT2D eigenvalue weighted by atomic mass is 16.5. The molecule has 0 radical (unpaired) electrons. The third-order valence-electron chi connectivity index (χ3n) is 3.47. The Hall–Kier alpha value is -0.590. The van der Waals surface area contributed by atoms with E-state index in [0.717, 1.165) is 6.42 Å². The van der Waals surface area contributed by atoms with Gasteiger partial charge in [-0.05, 0) is 33.1 Å². The Labute approximate surface area is 112 Å². The van der Waals surface area contributed by atoms with E-state index in [1.807, 2.05) is 6.92 Å². The first-order valence-electron chi connectivity index (χ1n) is 7.40. The highest BCUT2D eigenvalue weighted by molar-refractivity contribution is 5.07. The summed E-state index contributed by atoms with van der Waals surface area (Å²) in [5, 5.41) is 12.6. The molecule has 2 unspecified atom stereocenters. The zero-order valence-electron chi connectivity index (χ0n) is 12.2. The van der Waals surface area contributed by atoms with Crippen molar-refractivity contribution in [1.29, 1.82) is 5.26 Å². The first-order valence-corrected chi connectivity index (χ1v) is 7.40. The van der Waals surface area contributed by atoms with Gasteiger partial charge in [-0.25, -0.2) is 0 Å². The monoisotopic (exact) mass is 252 g/mol. The van der Waals surface area contributed by atoms with Crippen molar-refractivity contribution >= 4 is 0 Å². The maximum Gasteiger partial charge on any atom is 0.127 e. The molecule has 1 fully saturated rings. The molecule has 1 aliphatic rings. The summed E-state index contributed by atoms with van der Waals surface area (Å²) in [5.74, 6) is 0. The standard InChI is InChI=1S/C15H28N2O/c1-4-5-6-7-8-13(2)18-12-15(3,11-16)17-14-9-10-14/h13-14,17H,4-10,12H2,1-3H3. The first-order chi connectivity index (χ1) is 8.59. The molecule has 2 atom stereocenters. The third kappa shape index (κ3) is 6.37. The van der Waals surface area contributed by atoms with E-state index in [-0.39, 0.29) is 6.10 Å². The molecule has 1 aliphatic carbocycles. The second-order valence-electron chi connectivity index (χ2n) is 5.83. The van der Waals surface area contributed by atoms with E-state index >= 15 is 0 Å². The minimum absolute atomic E-state index is 0.260. The van der Waals surface area contributed by atoms with Gasteiger partial charge in [-0.15, -0.1) is 0 Å². The van der Waals surface area contributed by atoms with Gasteiger partial charge in [0.2, 0.25) is 0 Å². The summed E-state index contributed by atoms with van der Waals surface area (Å²) < 4.78 is 5.82. The number of unbranched alkanes of at least 4 members (excludes halogenated alkanes) is 3. The fourth-order valence-electron chi connectivity index (χ4n) is 2.04. The molecule has 0 amide bonds. The molecule has 0 aliphatic heterocycles. The summed E-state index contributed by atoms with van der Waals surface area (Å²) in [6.45, 7) is 6.77. The smallest absolute Gasteiger partial charge is 0.127 e. The van der Waals surface area contributed by atoms with Crippen molar-refractivity contribution in [3.8, 4) is 6.07 Å². The van der Waals surface area contributed by atoms with E-state index in [9.17, 15) is 5.26 Å². The van der Waals surface area contributed by atoms with Gasteiger partial charge in [-0.3, -0.25) is 5.32 Å². The number of nitrogens with one attached hydrogen (secondary N) is 1. The van der Waals surface area contributed by atoms with E-state index < -0.39 is 5.54 Å². The quantitative estimate of drug-likeness (QED) is 0.606. The minimum atomic E-state index is -0.515. The molecular weight excluding hydrogens is 224 g/mol. The van der Waals surface area contributed by atoms with Crippen molar-refractivity contribution in [2.24, 2.45) is 0 Å². The lowest BCUT2D eigenvalue weighted by Gasteiger charge is -2.25. The van der Waals surface area contributed by atoms with Crippen molar-refractivity contribution in [1.82, 2.24) is 5.32 Å². The molecule has 0 aromatic heterocycles. The summed E-state index contributed by atoms with van der Waals surface area (Å²) >= 11 is 0. The maximum absolute atomic E-state index is 9.23. The normalized spacial score (nSPS) is 20.1. The van der Waals surface area contributed by atoms with Gasteiger partial charge in [0.25, 0.3) is 0 Å². The molecule has 0 spiro atoms. The van der Waals surface area contributed by atoms with Gasteiger partial charge in [0, 0.05) is 6.04 Å². The highest BCUT2D eigenvalue weighted by Crippen LogP contribution is 2.22. The van der Waals surface area contributed by atoms with Crippen LogP contribution >= 0.6 is 0 Å². The molecule has 0 aromatic rings. The van der Waals surface area contributed by atoms with Gasteiger partial charge in [-0.1, -0.05) is 32.6 Å². The van der Waals surface area contributed by atoms with Crippen molar-refractivity contribution < 1.29 is 4.74 Å². The number of nitrogens with zero attached hydrogens (tertiary/aromatic N) is 1. The van der Waals surface area contributed by atoms with Crippen LogP contribution in [0, 0.1) is 11.3 Å². The first kappa shape index (κ1) is 15.5. The Morgan fingerprint density at radius 2 is 2.11 bits per heavy atom. The lowest BCUT2D eigenvalue weighted by molar-refractivity contribution is 0.0313. The van der Waals surface area contributed by atoms with E-state index in [0.29, 0.717) is 12.6 Å². The topological polar surface area (TPSA) is 45.0 Å². The molecule has 0 aromatic carbocycles. The Kier molecular flexibility index (Phi) is 6.67. The van der Waals surface area contributed by atoms with Crippen molar-refractivity contribution in [3.05, 3.63) is 0 Å². The van der Waals surface area contributed by atoms with Crippen LogP contribution in [0.15, 0.2) is 0 Å². The van der Waals surface area contributed by atoms with Crippen LogP contribution in [0.5, 0.6) is 0 Å². The predicted octanol–water partition coefficient (Wildman–Crippen LogP) is 3.40. The molecule has 1 N–H and O–H groups in total. The van der Waals surface area contributed by atoms with Crippen molar-refractivity contribution in [3.63, 3.8) is 0 Å². The molecule has 0 heterocycles. The van der Waals surface area contributed by atoms with Crippen LogP contribution in [0.2, 0.25) is 0 Å². The van der Waals surface area contributed by atoms with Crippen molar-refractivity contribution in [2.75, 3.05) is 6.61 Å². The molecule has 1 rings (SSSR count). The van der Waals surface area contributed by atoms with Gasteiger partial charge in [-0.2, -0.15) is 5.26 Å². The molecule has 104 valence electrons. The fraction of sp³-hybridized carbons (Fsp3) is 0.933. The van der Waals surface area contributed by atoms with Gasteiger partial charge in [0.05, 0.1) is 18.8 Å². The SMILES string of the molecule is CCCCCCC(C)OCC(C)(C#N)NC1CC1.